The van der Waals surface area contributed by atoms with Gasteiger partial charge < -0.3 is 5.73 Å². The summed E-state index contributed by atoms with van der Waals surface area (Å²) in [7, 11) is -3.55. The minimum Gasteiger partial charge on any atom is -0.382 e. The highest BCUT2D eigenvalue weighted by atomic mass is 32.2. The molecule has 8 heteroatoms. The van der Waals surface area contributed by atoms with Crippen LogP contribution in [0.4, 0.5) is 5.82 Å². The Hall–Kier alpha value is -2.71. The van der Waals surface area contributed by atoms with Crippen molar-refractivity contribution in [3.05, 3.63) is 54.1 Å². The molecule has 1 aromatic heterocycles. The van der Waals surface area contributed by atoms with E-state index in [4.69, 9.17) is 5.73 Å². The minimum absolute atomic E-state index is 0.103. The molecule has 0 aliphatic heterocycles. The van der Waals surface area contributed by atoms with E-state index >= 15 is 0 Å². The van der Waals surface area contributed by atoms with Crippen molar-refractivity contribution in [2.75, 3.05) is 12.3 Å². The quantitative estimate of drug-likeness (QED) is 0.747. The highest BCUT2D eigenvalue weighted by Crippen LogP contribution is 2.21. The normalized spacial score (nSPS) is 11.7. The van der Waals surface area contributed by atoms with Crippen LogP contribution < -0.4 is 10.5 Å². The van der Waals surface area contributed by atoms with Crippen molar-refractivity contribution in [1.29, 1.82) is 0 Å². The topological polar surface area (TPSA) is 107 Å². The number of carbonyl (C=O) groups excluding carboxylic acids is 1. The zero-order chi connectivity index (χ0) is 17.3. The molecule has 0 bridgehead atoms. The molecule has 0 fully saturated rings. The van der Waals surface area contributed by atoms with Gasteiger partial charge in [0.25, 0.3) is 5.91 Å². The summed E-state index contributed by atoms with van der Waals surface area (Å²) < 4.78 is 27.5. The van der Waals surface area contributed by atoms with Crippen molar-refractivity contribution in [2.45, 2.75) is 11.8 Å². The molecule has 0 saturated heterocycles. The van der Waals surface area contributed by atoms with Gasteiger partial charge in [0, 0.05) is 17.5 Å². The van der Waals surface area contributed by atoms with E-state index in [1.54, 1.807) is 25.1 Å². The maximum Gasteiger partial charge on any atom is 0.278 e. The van der Waals surface area contributed by atoms with E-state index < -0.39 is 10.0 Å². The van der Waals surface area contributed by atoms with Crippen LogP contribution in [-0.4, -0.2) is 30.7 Å². The zero-order valence-electron chi connectivity index (χ0n) is 12.9. The molecule has 0 atom stereocenters. The van der Waals surface area contributed by atoms with Crippen LogP contribution in [0, 0.1) is 0 Å². The van der Waals surface area contributed by atoms with E-state index in [2.05, 4.69) is 9.82 Å². The van der Waals surface area contributed by atoms with Gasteiger partial charge in [-0.1, -0.05) is 19.1 Å². The fourth-order valence-corrected chi connectivity index (χ4v) is 3.46. The standard InChI is InChI=1S/C16H16N4O3S/c1-2-18-24(22,23)12-9-7-11(8-10-12)16(21)20-14-6-4-3-5-13(14)15(17)19-20/h3-10,18H,2H2,1H3,(H2,17,19). The van der Waals surface area contributed by atoms with Crippen LogP contribution in [0.1, 0.15) is 17.3 Å². The van der Waals surface area contributed by atoms with Gasteiger partial charge >= 0.3 is 0 Å². The molecular formula is C16H16N4O3S. The highest BCUT2D eigenvalue weighted by molar-refractivity contribution is 7.89. The number of hydrogen-bond acceptors (Lipinski definition) is 5. The lowest BCUT2D eigenvalue weighted by Gasteiger charge is -2.06. The second-order valence-electron chi connectivity index (χ2n) is 5.15. The average molecular weight is 344 g/mol. The van der Waals surface area contributed by atoms with Gasteiger partial charge in [-0.05, 0) is 36.4 Å². The van der Waals surface area contributed by atoms with E-state index in [-0.39, 0.29) is 16.6 Å². The number of hydrogen-bond donors (Lipinski definition) is 2. The van der Waals surface area contributed by atoms with Crippen molar-refractivity contribution in [2.24, 2.45) is 0 Å². The first-order valence-electron chi connectivity index (χ1n) is 7.31. The Morgan fingerprint density at radius 2 is 1.83 bits per heavy atom. The largest absolute Gasteiger partial charge is 0.382 e. The molecule has 3 rings (SSSR count). The lowest BCUT2D eigenvalue weighted by Crippen LogP contribution is -2.23. The van der Waals surface area contributed by atoms with Crippen molar-refractivity contribution in [1.82, 2.24) is 14.5 Å². The predicted octanol–water partition coefficient (Wildman–Crippen LogP) is 1.61. The number of aromatic nitrogens is 2. The van der Waals surface area contributed by atoms with Gasteiger partial charge in [0.2, 0.25) is 10.0 Å². The molecule has 24 heavy (non-hydrogen) atoms. The summed E-state index contributed by atoms with van der Waals surface area (Å²) in [4.78, 5) is 12.7. The zero-order valence-corrected chi connectivity index (χ0v) is 13.7. The van der Waals surface area contributed by atoms with E-state index in [9.17, 15) is 13.2 Å². The molecule has 0 aliphatic carbocycles. The third-order valence-electron chi connectivity index (χ3n) is 3.55. The summed E-state index contributed by atoms with van der Waals surface area (Å²) in [5.41, 5.74) is 6.76. The third kappa shape index (κ3) is 2.77. The fraction of sp³-hybridized carbons (Fsp3) is 0.125. The first-order chi connectivity index (χ1) is 11.4. The molecule has 7 nitrogen and oxygen atoms in total. The number of carbonyl (C=O) groups is 1. The Labute approximate surface area is 139 Å². The van der Waals surface area contributed by atoms with Crippen molar-refractivity contribution >= 4 is 32.7 Å². The van der Waals surface area contributed by atoms with Crippen molar-refractivity contribution in [3.8, 4) is 0 Å². The molecule has 2 aromatic carbocycles. The van der Waals surface area contributed by atoms with Gasteiger partial charge in [-0.3, -0.25) is 4.79 Å². The molecular weight excluding hydrogens is 328 g/mol. The molecule has 0 unspecified atom stereocenters. The predicted molar refractivity (Wildman–Crippen MR) is 91.2 cm³/mol. The SMILES string of the molecule is CCNS(=O)(=O)c1ccc(C(=O)n2nc(N)c3ccccc32)cc1. The molecule has 1 heterocycles. The number of nitrogen functional groups attached to an aromatic ring is 1. The van der Waals surface area contributed by atoms with Crippen molar-refractivity contribution < 1.29 is 13.2 Å². The fourth-order valence-electron chi connectivity index (χ4n) is 2.42. The number of rotatable bonds is 4. The van der Waals surface area contributed by atoms with Crippen LogP contribution in [0.15, 0.2) is 53.4 Å². The Kier molecular flexibility index (Phi) is 4.08. The molecule has 124 valence electrons. The Morgan fingerprint density at radius 3 is 2.50 bits per heavy atom. The minimum atomic E-state index is -3.55. The van der Waals surface area contributed by atoms with Gasteiger partial charge in [0.15, 0.2) is 5.82 Å². The highest BCUT2D eigenvalue weighted by Gasteiger charge is 2.17. The molecule has 0 radical (unpaired) electrons. The van der Waals surface area contributed by atoms with Gasteiger partial charge in [0.05, 0.1) is 10.4 Å². The smallest absolute Gasteiger partial charge is 0.278 e. The number of nitrogens with two attached hydrogens (primary N) is 1. The first kappa shape index (κ1) is 16.2. The van der Waals surface area contributed by atoms with Crippen LogP contribution in [0.25, 0.3) is 10.9 Å². The molecule has 0 amide bonds. The number of fused-ring (bicyclic) bond motifs is 1. The number of anilines is 1. The third-order valence-corrected chi connectivity index (χ3v) is 5.12. The summed E-state index contributed by atoms with van der Waals surface area (Å²) in [5.74, 6) is -0.111. The van der Waals surface area contributed by atoms with Gasteiger partial charge in [0.1, 0.15) is 0 Å². The van der Waals surface area contributed by atoms with Crippen LogP contribution in [0.3, 0.4) is 0 Å². The van der Waals surface area contributed by atoms with E-state index in [1.807, 2.05) is 6.07 Å². The van der Waals surface area contributed by atoms with Crippen LogP contribution in [-0.2, 0) is 10.0 Å². The Balaban J connectivity index is 1.98. The van der Waals surface area contributed by atoms with E-state index in [0.717, 1.165) is 0 Å². The number of nitrogens with zero attached hydrogens (tertiary/aromatic N) is 2. The summed E-state index contributed by atoms with van der Waals surface area (Å²) in [6, 6.07) is 12.8. The summed E-state index contributed by atoms with van der Waals surface area (Å²) in [6.45, 7) is 1.99. The molecule has 0 saturated carbocycles. The second kappa shape index (κ2) is 6.06. The van der Waals surface area contributed by atoms with Gasteiger partial charge in [-0.2, -0.15) is 4.68 Å². The summed E-state index contributed by atoms with van der Waals surface area (Å²) >= 11 is 0. The molecule has 0 aliphatic rings. The molecule has 0 spiro atoms. The number of benzene rings is 2. The lowest BCUT2D eigenvalue weighted by molar-refractivity contribution is 0.0950. The van der Waals surface area contributed by atoms with Crippen LogP contribution in [0.5, 0.6) is 0 Å². The van der Waals surface area contributed by atoms with Crippen molar-refractivity contribution in [3.63, 3.8) is 0 Å². The van der Waals surface area contributed by atoms with E-state index in [0.29, 0.717) is 23.0 Å². The van der Waals surface area contributed by atoms with Crippen LogP contribution >= 0.6 is 0 Å². The monoisotopic (exact) mass is 344 g/mol. The van der Waals surface area contributed by atoms with Gasteiger partial charge in [-0.15, -0.1) is 5.10 Å². The molecule has 3 aromatic rings. The second-order valence-corrected chi connectivity index (χ2v) is 6.91. The number of sulfonamides is 1. The Bertz CT molecular complexity index is 1010. The van der Waals surface area contributed by atoms with Gasteiger partial charge in [-0.25, -0.2) is 13.1 Å². The maximum atomic E-state index is 12.6. The average Bonchev–Trinajstić information content (AvgIpc) is 2.92. The summed E-state index contributed by atoms with van der Waals surface area (Å²) in [6.07, 6.45) is 0. The number of para-hydroxylation sites is 1. The summed E-state index contributed by atoms with van der Waals surface area (Å²) in [5, 5.41) is 4.77. The first-order valence-corrected chi connectivity index (χ1v) is 8.80. The van der Waals surface area contributed by atoms with E-state index in [1.165, 1.54) is 28.9 Å². The maximum absolute atomic E-state index is 12.6. The lowest BCUT2D eigenvalue weighted by atomic mass is 10.2. The number of nitrogens with one attached hydrogen (secondary N) is 1. The molecule has 3 N–H and O–H groups in total. The Morgan fingerprint density at radius 1 is 1.17 bits per heavy atom. The van der Waals surface area contributed by atoms with Crippen LogP contribution in [0.2, 0.25) is 0 Å².